The number of thiocarbonyl (C=S) groups is 1. The van der Waals surface area contributed by atoms with Crippen LogP contribution in [-0.4, -0.2) is 18.1 Å². The summed E-state index contributed by atoms with van der Waals surface area (Å²) in [5.74, 6) is 0.606. The van der Waals surface area contributed by atoms with Crippen molar-refractivity contribution in [3.05, 3.63) is 28.2 Å². The van der Waals surface area contributed by atoms with Gasteiger partial charge in [-0.1, -0.05) is 26.1 Å². The summed E-state index contributed by atoms with van der Waals surface area (Å²) >= 11 is 8.49. The number of nitrogens with zero attached hydrogens (tertiary/aromatic N) is 1. The first kappa shape index (κ1) is 14.5. The Morgan fingerprint density at radius 1 is 1.35 bits per heavy atom. The molecule has 1 unspecified atom stereocenters. The molecule has 0 bridgehead atoms. The first-order chi connectivity index (χ1) is 7.84. The molecule has 4 heteroatoms. The van der Waals surface area contributed by atoms with Gasteiger partial charge in [-0.15, -0.1) is 0 Å². The molecular formula is C13H19BrN2S. The van der Waals surface area contributed by atoms with E-state index >= 15 is 0 Å². The summed E-state index contributed by atoms with van der Waals surface area (Å²) in [6, 6.07) is 6.56. The molecule has 94 valence electrons. The maximum atomic E-state index is 5.64. The molecule has 0 radical (unpaired) electrons. The van der Waals surface area contributed by atoms with Gasteiger partial charge in [0.15, 0.2) is 0 Å². The second kappa shape index (κ2) is 5.83. The standard InChI is InChI=1S/C13H19BrN2S/c1-8(2)9(3)16(4)10-5-6-11(13(15)17)12(14)7-10/h5-9H,1-4H3,(H2,15,17). The Balaban J connectivity index is 3.01. The van der Waals surface area contributed by atoms with E-state index in [1.54, 1.807) is 0 Å². The fourth-order valence-electron chi connectivity index (χ4n) is 1.61. The molecule has 0 aliphatic carbocycles. The highest BCUT2D eigenvalue weighted by Crippen LogP contribution is 2.26. The van der Waals surface area contributed by atoms with Crippen molar-refractivity contribution >= 4 is 38.8 Å². The van der Waals surface area contributed by atoms with Gasteiger partial charge in [-0.2, -0.15) is 0 Å². The summed E-state index contributed by atoms with van der Waals surface area (Å²) in [4.78, 5) is 2.68. The molecule has 0 fully saturated rings. The number of anilines is 1. The lowest BCUT2D eigenvalue weighted by Gasteiger charge is -2.30. The van der Waals surface area contributed by atoms with E-state index in [-0.39, 0.29) is 0 Å². The third-order valence-corrected chi connectivity index (χ3v) is 4.08. The molecule has 0 aliphatic heterocycles. The molecule has 0 aromatic heterocycles. The Labute approximate surface area is 117 Å². The molecule has 17 heavy (non-hydrogen) atoms. The lowest BCUT2D eigenvalue weighted by molar-refractivity contribution is 0.505. The molecule has 2 nitrogen and oxygen atoms in total. The predicted molar refractivity (Wildman–Crippen MR) is 82.7 cm³/mol. The van der Waals surface area contributed by atoms with Crippen LogP contribution in [0, 0.1) is 5.92 Å². The Morgan fingerprint density at radius 3 is 2.35 bits per heavy atom. The molecule has 0 spiro atoms. The zero-order valence-corrected chi connectivity index (χ0v) is 13.1. The SMILES string of the molecule is CC(C)C(C)N(C)c1ccc(C(N)=S)c(Br)c1. The minimum Gasteiger partial charge on any atom is -0.389 e. The topological polar surface area (TPSA) is 29.3 Å². The van der Waals surface area contributed by atoms with Crippen molar-refractivity contribution < 1.29 is 0 Å². The lowest BCUT2D eigenvalue weighted by atomic mass is 10.0. The second-order valence-electron chi connectivity index (χ2n) is 4.62. The van der Waals surface area contributed by atoms with Crippen LogP contribution in [0.4, 0.5) is 5.69 Å². The number of halogens is 1. The van der Waals surface area contributed by atoms with Crippen molar-refractivity contribution in [2.24, 2.45) is 11.7 Å². The Morgan fingerprint density at radius 2 is 1.94 bits per heavy atom. The van der Waals surface area contributed by atoms with E-state index < -0.39 is 0 Å². The van der Waals surface area contributed by atoms with E-state index in [4.69, 9.17) is 18.0 Å². The zero-order chi connectivity index (χ0) is 13.2. The van der Waals surface area contributed by atoms with Crippen LogP contribution in [0.15, 0.2) is 22.7 Å². The third kappa shape index (κ3) is 3.42. The molecule has 0 saturated heterocycles. The molecule has 1 rings (SSSR count). The summed E-state index contributed by atoms with van der Waals surface area (Å²) in [5, 5.41) is 0. The summed E-state index contributed by atoms with van der Waals surface area (Å²) in [6.07, 6.45) is 0. The minimum absolute atomic E-state index is 0.419. The molecular weight excluding hydrogens is 296 g/mol. The van der Waals surface area contributed by atoms with Gasteiger partial charge >= 0.3 is 0 Å². The highest BCUT2D eigenvalue weighted by atomic mass is 79.9. The van der Waals surface area contributed by atoms with Crippen molar-refractivity contribution in [3.63, 3.8) is 0 Å². The average molecular weight is 315 g/mol. The van der Waals surface area contributed by atoms with Crippen LogP contribution in [0.2, 0.25) is 0 Å². The van der Waals surface area contributed by atoms with E-state index in [0.717, 1.165) is 15.7 Å². The number of benzene rings is 1. The molecule has 0 aliphatic rings. The molecule has 1 aromatic rings. The Kier molecular flexibility index (Phi) is 4.95. The summed E-state index contributed by atoms with van der Waals surface area (Å²) in [6.45, 7) is 6.67. The van der Waals surface area contributed by atoms with Crippen molar-refractivity contribution in [1.82, 2.24) is 0 Å². The normalized spacial score (nSPS) is 12.6. The molecule has 0 amide bonds. The largest absolute Gasteiger partial charge is 0.389 e. The smallest absolute Gasteiger partial charge is 0.105 e. The highest BCUT2D eigenvalue weighted by Gasteiger charge is 2.14. The van der Waals surface area contributed by atoms with Crippen LogP contribution in [0.3, 0.4) is 0 Å². The van der Waals surface area contributed by atoms with Gasteiger partial charge in [-0.25, -0.2) is 0 Å². The quantitative estimate of drug-likeness (QED) is 0.862. The van der Waals surface area contributed by atoms with Crippen LogP contribution in [-0.2, 0) is 0 Å². The van der Waals surface area contributed by atoms with Gasteiger partial charge in [0.1, 0.15) is 4.99 Å². The van der Waals surface area contributed by atoms with Crippen molar-refractivity contribution in [2.75, 3.05) is 11.9 Å². The van der Waals surface area contributed by atoms with E-state index in [1.165, 1.54) is 0 Å². The van der Waals surface area contributed by atoms with Crippen LogP contribution >= 0.6 is 28.1 Å². The van der Waals surface area contributed by atoms with Gasteiger partial charge in [-0.3, -0.25) is 0 Å². The maximum absolute atomic E-state index is 5.64. The molecule has 0 saturated carbocycles. The Hall–Kier alpha value is -0.610. The van der Waals surface area contributed by atoms with E-state index in [1.807, 2.05) is 6.07 Å². The van der Waals surface area contributed by atoms with Gasteiger partial charge in [0.2, 0.25) is 0 Å². The first-order valence-electron chi connectivity index (χ1n) is 5.66. The lowest BCUT2D eigenvalue weighted by Crippen LogP contribution is -2.33. The van der Waals surface area contributed by atoms with Gasteiger partial charge in [0.05, 0.1) is 0 Å². The molecule has 1 atom stereocenters. The van der Waals surface area contributed by atoms with Gasteiger partial charge < -0.3 is 10.6 Å². The second-order valence-corrected chi connectivity index (χ2v) is 5.92. The predicted octanol–water partition coefficient (Wildman–Crippen LogP) is 3.56. The monoisotopic (exact) mass is 314 g/mol. The first-order valence-corrected chi connectivity index (χ1v) is 6.87. The molecule has 2 N–H and O–H groups in total. The van der Waals surface area contributed by atoms with Gasteiger partial charge in [0.25, 0.3) is 0 Å². The van der Waals surface area contributed by atoms with Crippen LogP contribution in [0.5, 0.6) is 0 Å². The highest BCUT2D eigenvalue weighted by molar-refractivity contribution is 9.10. The van der Waals surface area contributed by atoms with E-state index in [0.29, 0.717) is 16.9 Å². The van der Waals surface area contributed by atoms with Gasteiger partial charge in [0, 0.05) is 28.8 Å². The zero-order valence-electron chi connectivity index (χ0n) is 10.7. The fourth-order valence-corrected chi connectivity index (χ4v) is 2.50. The maximum Gasteiger partial charge on any atom is 0.105 e. The van der Waals surface area contributed by atoms with Crippen molar-refractivity contribution in [1.29, 1.82) is 0 Å². The Bertz CT molecular complexity index is 418. The van der Waals surface area contributed by atoms with Gasteiger partial charge in [-0.05, 0) is 47.0 Å². The molecule has 1 aromatic carbocycles. The summed E-state index contributed by atoms with van der Waals surface area (Å²) in [5.41, 5.74) is 7.69. The number of hydrogen-bond acceptors (Lipinski definition) is 2. The average Bonchev–Trinajstić information content (AvgIpc) is 2.26. The molecule has 0 heterocycles. The van der Waals surface area contributed by atoms with Crippen molar-refractivity contribution in [2.45, 2.75) is 26.8 Å². The number of nitrogens with two attached hydrogens (primary N) is 1. The number of hydrogen-bond donors (Lipinski definition) is 1. The van der Waals surface area contributed by atoms with Crippen LogP contribution < -0.4 is 10.6 Å². The summed E-state index contributed by atoms with van der Waals surface area (Å²) < 4.78 is 0.949. The van der Waals surface area contributed by atoms with E-state index in [9.17, 15) is 0 Å². The van der Waals surface area contributed by atoms with Crippen LogP contribution in [0.25, 0.3) is 0 Å². The third-order valence-electron chi connectivity index (χ3n) is 3.20. The minimum atomic E-state index is 0.419. The number of rotatable bonds is 4. The fraction of sp³-hybridized carbons (Fsp3) is 0.462. The van der Waals surface area contributed by atoms with Crippen LogP contribution in [0.1, 0.15) is 26.3 Å². The van der Waals surface area contributed by atoms with Crippen molar-refractivity contribution in [3.8, 4) is 0 Å². The van der Waals surface area contributed by atoms with E-state index in [2.05, 4.69) is 60.8 Å². The summed E-state index contributed by atoms with van der Waals surface area (Å²) in [7, 11) is 2.10.